The fourth-order valence-electron chi connectivity index (χ4n) is 6.71. The van der Waals surface area contributed by atoms with Gasteiger partial charge in [0.15, 0.2) is 0 Å². The molecule has 0 aromatic heterocycles. The molecule has 0 spiro atoms. The first-order valence-electron chi connectivity index (χ1n) is 12.6. The van der Waals surface area contributed by atoms with Gasteiger partial charge in [-0.1, -0.05) is 47.9 Å². The van der Waals surface area contributed by atoms with E-state index in [1.165, 1.54) is 5.57 Å². The van der Waals surface area contributed by atoms with E-state index < -0.39 is 35.6 Å². The van der Waals surface area contributed by atoms with Crippen molar-refractivity contribution < 1.29 is 41.7 Å². The molecule has 4 rings (SSSR count). The second-order valence-corrected chi connectivity index (χ2v) is 11.3. The maximum Gasteiger partial charge on any atom is 0.429 e. The molecule has 4 aliphatic carbocycles. The zero-order chi connectivity index (χ0) is 26.6. The van der Waals surface area contributed by atoms with E-state index in [2.05, 4.69) is 19.1 Å². The Balaban J connectivity index is 1.51. The van der Waals surface area contributed by atoms with E-state index in [9.17, 15) is 41.7 Å². The van der Waals surface area contributed by atoms with E-state index >= 15 is 0 Å². The Kier molecular flexibility index (Phi) is 7.10. The maximum absolute atomic E-state index is 13.0. The van der Waals surface area contributed by atoms with Crippen molar-refractivity contribution in [1.29, 1.82) is 0 Å². The van der Waals surface area contributed by atoms with Crippen molar-refractivity contribution in [3.05, 3.63) is 47.1 Å². The second-order valence-electron chi connectivity index (χ2n) is 11.3. The van der Waals surface area contributed by atoms with Gasteiger partial charge in [-0.25, -0.2) is 0 Å². The lowest BCUT2D eigenvalue weighted by molar-refractivity contribution is -0.347. The Morgan fingerprint density at radius 3 is 2.14 bits per heavy atom. The van der Waals surface area contributed by atoms with Gasteiger partial charge in [-0.2, -0.15) is 26.3 Å². The smallest absolute Gasteiger partial charge is 0.393 e. The van der Waals surface area contributed by atoms with Gasteiger partial charge < -0.3 is 15.3 Å². The molecule has 0 bridgehead atoms. The summed E-state index contributed by atoms with van der Waals surface area (Å²) in [7, 11) is 0. The highest BCUT2D eigenvalue weighted by Gasteiger charge is 2.69. The molecule has 0 aromatic carbocycles. The van der Waals surface area contributed by atoms with Gasteiger partial charge in [0.2, 0.25) is 0 Å². The van der Waals surface area contributed by atoms with Crippen molar-refractivity contribution in [2.45, 2.75) is 101 Å². The number of aliphatic hydroxyl groups is 3. The molecule has 3 fully saturated rings. The van der Waals surface area contributed by atoms with Crippen molar-refractivity contribution in [1.82, 2.24) is 0 Å². The fourth-order valence-corrected chi connectivity index (χ4v) is 6.71. The molecule has 3 saturated carbocycles. The summed E-state index contributed by atoms with van der Waals surface area (Å²) in [6, 6.07) is 0. The van der Waals surface area contributed by atoms with Gasteiger partial charge in [-0.3, -0.25) is 0 Å². The average molecular weight is 521 g/mol. The molecule has 0 aromatic rings. The summed E-state index contributed by atoms with van der Waals surface area (Å²) >= 11 is 0. The van der Waals surface area contributed by atoms with Gasteiger partial charge >= 0.3 is 12.4 Å². The minimum Gasteiger partial charge on any atom is -0.393 e. The first-order valence-corrected chi connectivity index (χ1v) is 12.6. The number of aliphatic hydroxyl groups excluding tert-OH is 2. The molecule has 36 heavy (non-hydrogen) atoms. The number of halogens is 6. The minimum absolute atomic E-state index is 0.0223. The third-order valence-electron chi connectivity index (χ3n) is 8.78. The Bertz CT molecular complexity index is 943. The molecule has 0 radical (unpaired) electrons. The highest BCUT2D eigenvalue weighted by atomic mass is 19.4. The van der Waals surface area contributed by atoms with Crippen LogP contribution in [-0.2, 0) is 0 Å². The quantitative estimate of drug-likeness (QED) is 0.288. The summed E-state index contributed by atoms with van der Waals surface area (Å²) in [5.74, 6) is 0.209. The van der Waals surface area contributed by atoms with Crippen molar-refractivity contribution in [3.8, 4) is 0 Å². The van der Waals surface area contributed by atoms with Crippen LogP contribution in [0.2, 0.25) is 0 Å². The van der Waals surface area contributed by atoms with E-state index in [1.54, 1.807) is 0 Å². The number of rotatable bonds is 5. The van der Waals surface area contributed by atoms with Crippen LogP contribution in [0.3, 0.4) is 0 Å². The normalized spacial score (nSPS) is 35.4. The van der Waals surface area contributed by atoms with Crippen molar-refractivity contribution >= 4 is 0 Å². The Morgan fingerprint density at radius 2 is 1.58 bits per heavy atom. The molecular weight excluding hydrogens is 486 g/mol. The topological polar surface area (TPSA) is 60.7 Å². The van der Waals surface area contributed by atoms with Crippen molar-refractivity contribution in [2.75, 3.05) is 0 Å². The zero-order valence-electron chi connectivity index (χ0n) is 20.3. The van der Waals surface area contributed by atoms with E-state index in [-0.39, 0.29) is 23.8 Å². The van der Waals surface area contributed by atoms with E-state index in [0.717, 1.165) is 42.9 Å². The fraction of sp³-hybridized carbons (Fsp3) is 0.704. The van der Waals surface area contributed by atoms with Crippen LogP contribution < -0.4 is 0 Å². The third kappa shape index (κ3) is 4.95. The number of hydrogen-bond donors (Lipinski definition) is 3. The largest absolute Gasteiger partial charge is 0.429 e. The molecule has 9 heteroatoms. The lowest BCUT2D eigenvalue weighted by atomic mass is 9.61. The van der Waals surface area contributed by atoms with Crippen LogP contribution in [0.5, 0.6) is 0 Å². The van der Waals surface area contributed by atoms with Crippen LogP contribution in [0.1, 0.15) is 71.1 Å². The number of allylic oxidation sites excluding steroid dienone is 6. The molecule has 4 atom stereocenters. The highest BCUT2D eigenvalue weighted by molar-refractivity contribution is 5.40. The molecule has 3 N–H and O–H groups in total. The van der Waals surface area contributed by atoms with Crippen LogP contribution in [-0.4, -0.2) is 45.5 Å². The van der Waals surface area contributed by atoms with Gasteiger partial charge in [-0.15, -0.1) is 0 Å². The van der Waals surface area contributed by atoms with E-state index in [0.29, 0.717) is 32.1 Å². The van der Waals surface area contributed by atoms with Gasteiger partial charge in [-0.05, 0) is 87.0 Å². The molecule has 2 unspecified atom stereocenters. The van der Waals surface area contributed by atoms with Crippen LogP contribution in [0.25, 0.3) is 0 Å². The first-order chi connectivity index (χ1) is 16.6. The second kappa shape index (κ2) is 9.31. The molecule has 0 amide bonds. The van der Waals surface area contributed by atoms with Crippen LogP contribution in [0, 0.1) is 16.7 Å². The first kappa shape index (κ1) is 27.5. The number of alkyl halides is 6. The predicted octanol–water partition coefficient (Wildman–Crippen LogP) is 6.46. The Morgan fingerprint density at radius 1 is 0.972 bits per heavy atom. The van der Waals surface area contributed by atoms with Crippen LogP contribution in [0.4, 0.5) is 26.3 Å². The molecule has 0 heterocycles. The van der Waals surface area contributed by atoms with Crippen LogP contribution in [0.15, 0.2) is 47.1 Å². The molecule has 0 aliphatic heterocycles. The molecule has 4 aliphatic rings. The van der Waals surface area contributed by atoms with Crippen LogP contribution >= 0.6 is 0 Å². The summed E-state index contributed by atoms with van der Waals surface area (Å²) in [6.07, 6.45) is 0.484. The van der Waals surface area contributed by atoms with E-state index in [1.807, 2.05) is 6.08 Å². The third-order valence-corrected chi connectivity index (χ3v) is 8.78. The minimum atomic E-state index is -5.86. The van der Waals surface area contributed by atoms with Crippen molar-refractivity contribution in [2.24, 2.45) is 16.7 Å². The highest BCUT2D eigenvalue weighted by Crippen LogP contribution is 2.67. The number of hydrogen-bond acceptors (Lipinski definition) is 3. The summed E-state index contributed by atoms with van der Waals surface area (Å²) in [6.45, 7) is 2.15. The summed E-state index contributed by atoms with van der Waals surface area (Å²) in [4.78, 5) is 0. The lowest BCUT2D eigenvalue weighted by Gasteiger charge is -2.43. The number of fused-ring (bicyclic) bond motifs is 1. The molecule has 3 nitrogen and oxygen atoms in total. The monoisotopic (exact) mass is 520 g/mol. The maximum atomic E-state index is 13.0. The standard InChI is InChI=1S/C27H34F6O3/c1-23-9-2-4-18(6-5-17-14-19(34)16-20(35)15-17)21(23)7-8-22(23)24(12-13-24)10-3-11-25(36,26(28,29)30)27(31,32)33/h3,5-6,8,11,19-21,34-36H,2,4,7,9-10,12-16H2,1H3/b11-3+,17-5?,18-6+/t19-,20?,21+,23?/m1/s1. The van der Waals surface area contributed by atoms with Gasteiger partial charge in [0.05, 0.1) is 12.2 Å². The van der Waals surface area contributed by atoms with E-state index in [4.69, 9.17) is 0 Å². The predicted molar refractivity (Wildman–Crippen MR) is 123 cm³/mol. The Hall–Kier alpha value is -1.58. The summed E-state index contributed by atoms with van der Waals surface area (Å²) < 4.78 is 78.2. The SMILES string of the molecule is CC12CCC/C(=C\C=C3CC(O)C[C@H](O)C3)[C@@H]1CC=C2C1(C/C=C/C(O)(C(F)(F)F)C(F)(F)F)CC1. The molecule has 0 saturated heterocycles. The lowest BCUT2D eigenvalue weighted by Crippen LogP contribution is -2.55. The average Bonchev–Trinajstić information content (AvgIpc) is 3.42. The van der Waals surface area contributed by atoms with Gasteiger partial charge in [0.25, 0.3) is 5.60 Å². The molecule has 202 valence electrons. The summed E-state index contributed by atoms with van der Waals surface area (Å²) in [5, 5.41) is 29.3. The Labute approximate surface area is 207 Å². The summed E-state index contributed by atoms with van der Waals surface area (Å²) in [5.41, 5.74) is -2.17. The van der Waals surface area contributed by atoms with Crippen molar-refractivity contribution in [3.63, 3.8) is 0 Å². The van der Waals surface area contributed by atoms with Gasteiger partial charge in [0.1, 0.15) is 0 Å². The zero-order valence-corrected chi connectivity index (χ0v) is 20.3. The molecular formula is C27H34F6O3. The van der Waals surface area contributed by atoms with Gasteiger partial charge in [0, 0.05) is 0 Å².